The number of carboxylic acids is 1. The van der Waals surface area contributed by atoms with E-state index >= 15 is 0 Å². The number of nitrogens with zero attached hydrogens (tertiary/aromatic N) is 1. The molecule has 140 valence electrons. The summed E-state index contributed by atoms with van der Waals surface area (Å²) in [6.07, 6.45) is 1.45. The van der Waals surface area contributed by atoms with Gasteiger partial charge in [-0.15, -0.1) is 0 Å². The fraction of sp³-hybridized carbons (Fsp3) is 0.0625. The number of hydrogen-bond acceptors (Lipinski definition) is 7. The van der Waals surface area contributed by atoms with Crippen LogP contribution >= 0.6 is 24.0 Å². The summed E-state index contributed by atoms with van der Waals surface area (Å²) in [5.41, 5.74) is 0.500. The van der Waals surface area contributed by atoms with Gasteiger partial charge in [-0.05, 0) is 24.3 Å². The highest BCUT2D eigenvalue weighted by molar-refractivity contribution is 8.26. The predicted molar refractivity (Wildman–Crippen MR) is 103 cm³/mol. The summed E-state index contributed by atoms with van der Waals surface area (Å²) in [7, 11) is -3.84. The predicted octanol–water partition coefficient (Wildman–Crippen LogP) is 1.88. The summed E-state index contributed by atoms with van der Waals surface area (Å²) >= 11 is 6.00. The Balaban J connectivity index is 1.87. The molecule has 0 spiro atoms. The van der Waals surface area contributed by atoms with E-state index in [1.165, 1.54) is 24.3 Å². The van der Waals surface area contributed by atoms with Crippen LogP contribution < -0.4 is 5.14 Å². The second-order valence-corrected chi connectivity index (χ2v) is 8.67. The minimum absolute atomic E-state index is 0.0486. The molecular formula is C16H12N2O6S3. The third kappa shape index (κ3) is 4.27. The van der Waals surface area contributed by atoms with Gasteiger partial charge in [-0.1, -0.05) is 36.1 Å². The maximum absolute atomic E-state index is 12.3. The van der Waals surface area contributed by atoms with Crippen molar-refractivity contribution in [1.29, 1.82) is 0 Å². The Labute approximate surface area is 163 Å². The van der Waals surface area contributed by atoms with Gasteiger partial charge in [-0.3, -0.25) is 14.5 Å². The lowest BCUT2D eigenvalue weighted by Gasteiger charge is -2.09. The second-order valence-electron chi connectivity index (χ2n) is 5.44. The number of aliphatic carboxylic acids is 1. The molecule has 0 bridgehead atoms. The number of benzene rings is 1. The molecule has 1 aromatic heterocycles. The van der Waals surface area contributed by atoms with E-state index < -0.39 is 28.4 Å². The topological polar surface area (TPSA) is 131 Å². The van der Waals surface area contributed by atoms with Crippen LogP contribution in [0.3, 0.4) is 0 Å². The highest BCUT2D eigenvalue weighted by Crippen LogP contribution is 2.33. The first-order valence-corrected chi connectivity index (χ1v) is 10.1. The molecule has 0 unspecified atom stereocenters. The van der Waals surface area contributed by atoms with Gasteiger partial charge >= 0.3 is 5.97 Å². The highest BCUT2D eigenvalue weighted by Gasteiger charge is 2.33. The number of carbonyl (C=O) groups is 2. The largest absolute Gasteiger partial charge is 0.480 e. The van der Waals surface area contributed by atoms with Gasteiger partial charge in [0.05, 0.1) is 9.80 Å². The Bertz CT molecular complexity index is 1090. The van der Waals surface area contributed by atoms with Crippen molar-refractivity contribution in [3.05, 3.63) is 47.1 Å². The first-order chi connectivity index (χ1) is 12.6. The van der Waals surface area contributed by atoms with Crippen LogP contribution in [-0.4, -0.2) is 41.2 Å². The molecule has 1 aliphatic rings. The minimum atomic E-state index is -3.84. The molecule has 1 amide bonds. The lowest BCUT2D eigenvalue weighted by molar-refractivity contribution is -0.140. The zero-order valence-electron chi connectivity index (χ0n) is 13.5. The first kappa shape index (κ1) is 19.3. The summed E-state index contributed by atoms with van der Waals surface area (Å²) in [5, 5.41) is 14.0. The van der Waals surface area contributed by atoms with E-state index in [4.69, 9.17) is 26.9 Å². The molecule has 1 aromatic carbocycles. The zero-order chi connectivity index (χ0) is 19.8. The average Bonchev–Trinajstić information content (AvgIpc) is 3.15. The van der Waals surface area contributed by atoms with Crippen molar-refractivity contribution < 1.29 is 27.5 Å². The van der Waals surface area contributed by atoms with Gasteiger partial charge in [0.25, 0.3) is 5.91 Å². The molecule has 3 rings (SSSR count). The summed E-state index contributed by atoms with van der Waals surface area (Å²) in [5.74, 6) is -0.959. The maximum atomic E-state index is 12.3. The van der Waals surface area contributed by atoms with Crippen molar-refractivity contribution in [1.82, 2.24) is 4.90 Å². The first-order valence-electron chi connectivity index (χ1n) is 7.35. The maximum Gasteiger partial charge on any atom is 0.323 e. The number of sulfonamides is 1. The average molecular weight is 424 g/mol. The molecule has 0 saturated carbocycles. The van der Waals surface area contributed by atoms with Crippen LogP contribution in [-0.2, 0) is 19.6 Å². The number of carbonyl (C=O) groups excluding carboxylic acids is 1. The van der Waals surface area contributed by atoms with E-state index in [2.05, 4.69) is 0 Å². The van der Waals surface area contributed by atoms with Crippen LogP contribution in [0.25, 0.3) is 17.4 Å². The zero-order valence-corrected chi connectivity index (χ0v) is 15.9. The molecule has 0 radical (unpaired) electrons. The van der Waals surface area contributed by atoms with E-state index in [-0.39, 0.29) is 14.1 Å². The van der Waals surface area contributed by atoms with Gasteiger partial charge in [0.1, 0.15) is 22.4 Å². The Morgan fingerprint density at radius 1 is 1.33 bits per heavy atom. The van der Waals surface area contributed by atoms with Crippen LogP contribution in [0.5, 0.6) is 0 Å². The van der Waals surface area contributed by atoms with Gasteiger partial charge in [0.2, 0.25) is 10.0 Å². The molecular weight excluding hydrogens is 412 g/mol. The van der Waals surface area contributed by atoms with Crippen molar-refractivity contribution in [2.24, 2.45) is 5.14 Å². The number of thiocarbonyl (C=S) groups is 1. The van der Waals surface area contributed by atoms with Gasteiger partial charge < -0.3 is 9.52 Å². The number of furan rings is 1. The van der Waals surface area contributed by atoms with E-state index in [9.17, 15) is 18.0 Å². The number of thioether (sulfide) groups is 1. The Kier molecular flexibility index (Phi) is 5.20. The van der Waals surface area contributed by atoms with Crippen LogP contribution in [0.4, 0.5) is 0 Å². The summed E-state index contributed by atoms with van der Waals surface area (Å²) < 4.78 is 28.7. The van der Waals surface area contributed by atoms with Crippen molar-refractivity contribution in [3.63, 3.8) is 0 Å². The van der Waals surface area contributed by atoms with Gasteiger partial charge in [-0.25, -0.2) is 13.6 Å². The Morgan fingerprint density at radius 3 is 2.74 bits per heavy atom. The summed E-state index contributed by atoms with van der Waals surface area (Å²) in [4.78, 5) is 24.3. The van der Waals surface area contributed by atoms with Gasteiger partial charge in [0, 0.05) is 11.6 Å². The number of carboxylic acid groups (broad SMARTS) is 1. The van der Waals surface area contributed by atoms with Crippen molar-refractivity contribution in [2.75, 3.05) is 6.54 Å². The smallest absolute Gasteiger partial charge is 0.323 e. The van der Waals surface area contributed by atoms with Crippen LogP contribution in [0.15, 0.2) is 50.6 Å². The fourth-order valence-corrected chi connectivity index (χ4v) is 4.11. The SMILES string of the molecule is NS(=O)(=O)c1cccc(-c2ccc(/C=C3\SC(=S)N(CC(=O)O)C3=O)o2)c1. The number of hydrogen-bond donors (Lipinski definition) is 2. The third-order valence-corrected chi connectivity index (χ3v) is 5.80. The number of rotatable bonds is 5. The third-order valence-electron chi connectivity index (χ3n) is 3.51. The Hall–Kier alpha value is -2.47. The van der Waals surface area contributed by atoms with Gasteiger partial charge in [0.15, 0.2) is 0 Å². The fourth-order valence-electron chi connectivity index (χ4n) is 2.31. The van der Waals surface area contributed by atoms with Gasteiger partial charge in [-0.2, -0.15) is 0 Å². The monoisotopic (exact) mass is 424 g/mol. The molecule has 27 heavy (non-hydrogen) atoms. The normalized spacial score (nSPS) is 16.3. The van der Waals surface area contributed by atoms with E-state index in [0.717, 1.165) is 16.7 Å². The molecule has 2 aromatic rings. The van der Waals surface area contributed by atoms with Crippen LogP contribution in [0.2, 0.25) is 0 Å². The number of primary sulfonamides is 1. The van der Waals surface area contributed by atoms with E-state index in [1.54, 1.807) is 18.2 Å². The summed E-state index contributed by atoms with van der Waals surface area (Å²) in [6, 6.07) is 9.16. The molecule has 1 fully saturated rings. The molecule has 3 N–H and O–H groups in total. The molecule has 1 saturated heterocycles. The molecule has 2 heterocycles. The van der Waals surface area contributed by atoms with Crippen LogP contribution in [0, 0.1) is 0 Å². The lowest BCUT2D eigenvalue weighted by atomic mass is 10.2. The summed E-state index contributed by atoms with van der Waals surface area (Å²) in [6.45, 7) is -0.508. The minimum Gasteiger partial charge on any atom is -0.480 e. The molecule has 8 nitrogen and oxygen atoms in total. The molecule has 1 aliphatic heterocycles. The van der Waals surface area contributed by atoms with Crippen molar-refractivity contribution in [3.8, 4) is 11.3 Å². The quantitative estimate of drug-likeness (QED) is 0.549. The number of nitrogens with two attached hydrogens (primary N) is 1. The van der Waals surface area contributed by atoms with Crippen molar-refractivity contribution in [2.45, 2.75) is 4.90 Å². The Morgan fingerprint density at radius 2 is 2.07 bits per heavy atom. The highest BCUT2D eigenvalue weighted by atomic mass is 32.2. The van der Waals surface area contributed by atoms with Crippen molar-refractivity contribution >= 4 is 56.3 Å². The molecule has 0 aliphatic carbocycles. The van der Waals surface area contributed by atoms with E-state index in [0.29, 0.717) is 17.1 Å². The van der Waals surface area contributed by atoms with E-state index in [1.807, 2.05) is 0 Å². The van der Waals surface area contributed by atoms with Crippen LogP contribution in [0.1, 0.15) is 5.76 Å². The number of amides is 1. The lowest BCUT2D eigenvalue weighted by Crippen LogP contribution is -2.33. The molecule has 0 atom stereocenters. The standard InChI is InChI=1S/C16H12N2O6S3/c17-27(22,23)11-3-1-2-9(6-11)12-5-4-10(24-12)7-13-15(21)18(8-14(19)20)16(25)26-13/h1-7H,8H2,(H,19,20)(H2,17,22,23)/b13-7-. The second kappa shape index (κ2) is 7.27. The molecule has 11 heteroatoms.